The molecule has 0 spiro atoms. The molecule has 0 radical (unpaired) electrons. The number of halogens is 2. The quantitative estimate of drug-likeness (QED) is 0.858. The van der Waals surface area contributed by atoms with Crippen LogP contribution in [0.2, 0.25) is 10.3 Å². The Morgan fingerprint density at radius 1 is 1.40 bits per heavy atom. The molecule has 0 saturated carbocycles. The molecule has 1 heterocycles. The van der Waals surface area contributed by atoms with Gasteiger partial charge in [0.05, 0.1) is 5.69 Å². The van der Waals surface area contributed by atoms with E-state index < -0.39 is 0 Å². The highest BCUT2D eigenvalue weighted by molar-refractivity contribution is 6.33. The molecule has 0 saturated heterocycles. The summed E-state index contributed by atoms with van der Waals surface area (Å²) in [5, 5.41) is 11.0. The fourth-order valence-electron chi connectivity index (χ4n) is 0.941. The third kappa shape index (κ3) is 3.81. The molecule has 1 aromatic heterocycles. The number of nitrogens with two attached hydrogens (primary N) is 1. The minimum absolute atomic E-state index is 0.0630. The minimum atomic E-state index is 0.0630. The van der Waals surface area contributed by atoms with Crippen LogP contribution >= 0.6 is 23.2 Å². The molecule has 84 valence electrons. The van der Waals surface area contributed by atoms with Crippen LogP contribution in [0.15, 0.2) is 6.07 Å². The smallest absolute Gasteiger partial charge is 0.174 e. The Balaban J connectivity index is 2.61. The van der Waals surface area contributed by atoms with Crippen LogP contribution in [0.25, 0.3) is 0 Å². The third-order valence-corrected chi connectivity index (χ3v) is 2.57. The van der Waals surface area contributed by atoms with Crippen LogP contribution in [0, 0.1) is 5.92 Å². The highest BCUT2D eigenvalue weighted by Gasteiger charge is 2.09. The molecular weight excluding hydrogens is 235 g/mol. The molecule has 1 aromatic rings. The Bertz CT molecular complexity index is 330. The number of nitrogens with zero attached hydrogens (tertiary/aromatic N) is 2. The summed E-state index contributed by atoms with van der Waals surface area (Å²) in [5.41, 5.74) is 6.54. The summed E-state index contributed by atoms with van der Waals surface area (Å²) >= 11 is 11.5. The molecule has 0 aliphatic heterocycles. The summed E-state index contributed by atoms with van der Waals surface area (Å²) in [4.78, 5) is 0. The highest BCUT2D eigenvalue weighted by atomic mass is 35.5. The van der Waals surface area contributed by atoms with Crippen molar-refractivity contribution in [3.8, 4) is 0 Å². The Kier molecular flexibility index (Phi) is 4.57. The van der Waals surface area contributed by atoms with Crippen molar-refractivity contribution < 1.29 is 0 Å². The standard InChI is InChI=1S/C9H14Cl2N4/c1-5(2)6(12)4-13-7-3-8(10)14-15-9(7)11/h3,5-6H,4,12H2,1-2H3,(H,13,14). The SMILES string of the molecule is CC(C)C(N)CNc1cc(Cl)nnc1Cl. The van der Waals surface area contributed by atoms with Crippen LogP contribution in [0.5, 0.6) is 0 Å². The maximum absolute atomic E-state index is 5.88. The second-order valence-corrected chi connectivity index (χ2v) is 4.41. The molecule has 0 fully saturated rings. The summed E-state index contributed by atoms with van der Waals surface area (Å²) in [7, 11) is 0. The third-order valence-electron chi connectivity index (χ3n) is 2.10. The molecule has 0 aliphatic carbocycles. The van der Waals surface area contributed by atoms with Gasteiger partial charge in [-0.25, -0.2) is 0 Å². The topological polar surface area (TPSA) is 63.8 Å². The van der Waals surface area contributed by atoms with E-state index in [0.29, 0.717) is 28.5 Å². The van der Waals surface area contributed by atoms with Gasteiger partial charge in [0.15, 0.2) is 10.3 Å². The second kappa shape index (κ2) is 5.49. The van der Waals surface area contributed by atoms with Gasteiger partial charge in [-0.2, -0.15) is 0 Å². The van der Waals surface area contributed by atoms with Crippen molar-refractivity contribution in [3.63, 3.8) is 0 Å². The number of nitrogens with one attached hydrogen (secondary N) is 1. The first-order valence-electron chi connectivity index (χ1n) is 4.69. The number of rotatable bonds is 4. The predicted molar refractivity (Wildman–Crippen MR) is 63.4 cm³/mol. The van der Waals surface area contributed by atoms with Gasteiger partial charge < -0.3 is 11.1 Å². The van der Waals surface area contributed by atoms with E-state index in [1.54, 1.807) is 6.07 Å². The normalized spacial score (nSPS) is 12.9. The predicted octanol–water partition coefficient (Wildman–Crippen LogP) is 2.18. The Hall–Kier alpha value is -0.580. The lowest BCUT2D eigenvalue weighted by molar-refractivity contribution is 0.511. The molecule has 6 heteroatoms. The first-order chi connectivity index (χ1) is 7.00. The minimum Gasteiger partial charge on any atom is -0.381 e. The first-order valence-corrected chi connectivity index (χ1v) is 5.44. The van der Waals surface area contributed by atoms with Gasteiger partial charge in [-0.05, 0) is 5.92 Å². The first kappa shape index (κ1) is 12.5. The van der Waals surface area contributed by atoms with Gasteiger partial charge in [0.1, 0.15) is 0 Å². The van der Waals surface area contributed by atoms with Gasteiger partial charge in [0, 0.05) is 18.7 Å². The zero-order chi connectivity index (χ0) is 11.4. The molecule has 1 atom stereocenters. The molecule has 0 aromatic carbocycles. The fraction of sp³-hybridized carbons (Fsp3) is 0.556. The van der Waals surface area contributed by atoms with Crippen LogP contribution in [0.3, 0.4) is 0 Å². The van der Waals surface area contributed by atoms with E-state index >= 15 is 0 Å². The van der Waals surface area contributed by atoms with E-state index in [2.05, 4.69) is 29.4 Å². The lowest BCUT2D eigenvalue weighted by Gasteiger charge is -2.17. The Labute approximate surface area is 99.2 Å². The van der Waals surface area contributed by atoms with E-state index in [4.69, 9.17) is 28.9 Å². The molecule has 1 rings (SSSR count). The Morgan fingerprint density at radius 3 is 2.67 bits per heavy atom. The molecule has 0 bridgehead atoms. The summed E-state index contributed by atoms with van der Waals surface area (Å²) < 4.78 is 0. The average molecular weight is 249 g/mol. The number of aromatic nitrogens is 2. The van der Waals surface area contributed by atoms with Crippen LogP contribution in [-0.2, 0) is 0 Å². The van der Waals surface area contributed by atoms with Gasteiger partial charge in [-0.3, -0.25) is 0 Å². The van der Waals surface area contributed by atoms with Crippen molar-refractivity contribution in [2.45, 2.75) is 19.9 Å². The second-order valence-electron chi connectivity index (χ2n) is 3.66. The van der Waals surface area contributed by atoms with E-state index in [1.165, 1.54) is 0 Å². The van der Waals surface area contributed by atoms with Crippen molar-refractivity contribution in [3.05, 3.63) is 16.4 Å². The van der Waals surface area contributed by atoms with Crippen LogP contribution < -0.4 is 11.1 Å². The summed E-state index contributed by atoms with van der Waals surface area (Å²) in [6.07, 6.45) is 0. The maximum atomic E-state index is 5.88. The van der Waals surface area contributed by atoms with Crippen molar-refractivity contribution >= 4 is 28.9 Å². The van der Waals surface area contributed by atoms with Crippen molar-refractivity contribution in [2.24, 2.45) is 11.7 Å². The van der Waals surface area contributed by atoms with Gasteiger partial charge in [-0.1, -0.05) is 37.0 Å². The zero-order valence-electron chi connectivity index (χ0n) is 8.67. The van der Waals surface area contributed by atoms with E-state index in [-0.39, 0.29) is 6.04 Å². The molecular formula is C9H14Cl2N4. The molecule has 0 amide bonds. The summed E-state index contributed by atoms with van der Waals surface area (Å²) in [6.45, 7) is 4.75. The lowest BCUT2D eigenvalue weighted by Crippen LogP contribution is -2.34. The molecule has 3 N–H and O–H groups in total. The number of hydrogen-bond donors (Lipinski definition) is 2. The molecule has 15 heavy (non-hydrogen) atoms. The van der Waals surface area contributed by atoms with E-state index in [9.17, 15) is 0 Å². The lowest BCUT2D eigenvalue weighted by atomic mass is 10.1. The van der Waals surface area contributed by atoms with Gasteiger partial charge >= 0.3 is 0 Å². The summed E-state index contributed by atoms with van der Waals surface area (Å²) in [5.74, 6) is 0.404. The van der Waals surface area contributed by atoms with Crippen molar-refractivity contribution in [1.29, 1.82) is 0 Å². The van der Waals surface area contributed by atoms with Crippen LogP contribution in [0.4, 0.5) is 5.69 Å². The van der Waals surface area contributed by atoms with Crippen LogP contribution in [0.1, 0.15) is 13.8 Å². The average Bonchev–Trinajstić information content (AvgIpc) is 2.18. The zero-order valence-corrected chi connectivity index (χ0v) is 10.2. The Morgan fingerprint density at radius 2 is 2.07 bits per heavy atom. The maximum Gasteiger partial charge on any atom is 0.174 e. The molecule has 0 aliphatic rings. The largest absolute Gasteiger partial charge is 0.381 e. The number of hydrogen-bond acceptors (Lipinski definition) is 4. The van der Waals surface area contributed by atoms with E-state index in [0.717, 1.165) is 0 Å². The monoisotopic (exact) mass is 248 g/mol. The fourth-order valence-corrected chi connectivity index (χ4v) is 1.25. The van der Waals surface area contributed by atoms with Crippen LogP contribution in [-0.4, -0.2) is 22.8 Å². The van der Waals surface area contributed by atoms with Gasteiger partial charge in [-0.15, -0.1) is 10.2 Å². The van der Waals surface area contributed by atoms with Gasteiger partial charge in [0.25, 0.3) is 0 Å². The van der Waals surface area contributed by atoms with Crippen molar-refractivity contribution in [2.75, 3.05) is 11.9 Å². The van der Waals surface area contributed by atoms with E-state index in [1.807, 2.05) is 0 Å². The molecule has 4 nitrogen and oxygen atoms in total. The molecule has 1 unspecified atom stereocenters. The summed E-state index contributed by atoms with van der Waals surface area (Å²) in [6, 6.07) is 1.69. The van der Waals surface area contributed by atoms with Crippen molar-refractivity contribution in [1.82, 2.24) is 10.2 Å². The number of anilines is 1. The van der Waals surface area contributed by atoms with Gasteiger partial charge in [0.2, 0.25) is 0 Å². The highest BCUT2D eigenvalue weighted by Crippen LogP contribution is 2.20.